The van der Waals surface area contributed by atoms with E-state index in [1.165, 1.54) is 6.26 Å². The van der Waals surface area contributed by atoms with E-state index < -0.39 is 5.91 Å². The van der Waals surface area contributed by atoms with E-state index in [9.17, 15) is 4.79 Å². The first-order valence-electron chi connectivity index (χ1n) is 6.56. The number of carbonyl (C=O) groups excluding carboxylic acids is 1. The van der Waals surface area contributed by atoms with Crippen molar-refractivity contribution in [3.8, 4) is 17.2 Å². The highest BCUT2D eigenvalue weighted by molar-refractivity contribution is 7.21. The number of thiophene rings is 1. The second-order valence-electron chi connectivity index (χ2n) is 4.74. The van der Waals surface area contributed by atoms with E-state index >= 15 is 0 Å². The van der Waals surface area contributed by atoms with Crippen LogP contribution in [0.15, 0.2) is 41.7 Å². The van der Waals surface area contributed by atoms with Gasteiger partial charge in [-0.3, -0.25) is 9.36 Å². The summed E-state index contributed by atoms with van der Waals surface area (Å²) < 4.78 is 6.80. The lowest BCUT2D eigenvalue weighted by molar-refractivity contribution is 0.100. The van der Waals surface area contributed by atoms with Crippen LogP contribution < -0.4 is 11.5 Å². The van der Waals surface area contributed by atoms with Gasteiger partial charge in [-0.1, -0.05) is 0 Å². The summed E-state index contributed by atoms with van der Waals surface area (Å²) in [5.74, 6) is -0.170. The molecule has 8 nitrogen and oxygen atoms in total. The molecule has 0 aliphatic heterocycles. The summed E-state index contributed by atoms with van der Waals surface area (Å²) >= 11 is 1.14. The molecule has 0 aliphatic rings. The average molecular weight is 326 g/mol. The number of nitrogens with zero attached hydrogens (tertiary/aromatic N) is 4. The second-order valence-corrected chi connectivity index (χ2v) is 5.74. The lowest BCUT2D eigenvalue weighted by Gasteiger charge is -2.05. The molecule has 0 aromatic carbocycles. The van der Waals surface area contributed by atoms with E-state index in [0.29, 0.717) is 21.9 Å². The molecular formula is C14H10N6O2S. The van der Waals surface area contributed by atoms with Crippen LogP contribution in [-0.4, -0.2) is 25.4 Å². The van der Waals surface area contributed by atoms with Crippen molar-refractivity contribution < 1.29 is 9.21 Å². The average Bonchev–Trinajstić information content (AvgIpc) is 3.27. The molecule has 9 heteroatoms. The van der Waals surface area contributed by atoms with Crippen molar-refractivity contribution in [1.29, 1.82) is 0 Å². The number of furan rings is 1. The zero-order valence-electron chi connectivity index (χ0n) is 11.6. The number of aromatic nitrogens is 4. The summed E-state index contributed by atoms with van der Waals surface area (Å²) in [6.45, 7) is 0. The first-order chi connectivity index (χ1) is 11.1. The Morgan fingerprint density at radius 3 is 2.87 bits per heavy atom. The Morgan fingerprint density at radius 2 is 2.22 bits per heavy atom. The number of carbonyl (C=O) groups is 1. The van der Waals surface area contributed by atoms with Gasteiger partial charge < -0.3 is 15.9 Å². The molecule has 4 rings (SSSR count). The molecule has 114 valence electrons. The molecule has 0 aliphatic carbocycles. The van der Waals surface area contributed by atoms with Crippen LogP contribution in [-0.2, 0) is 0 Å². The second kappa shape index (κ2) is 4.92. The Morgan fingerprint density at radius 1 is 1.35 bits per heavy atom. The molecule has 4 N–H and O–H groups in total. The van der Waals surface area contributed by atoms with Crippen LogP contribution in [0.25, 0.3) is 27.4 Å². The van der Waals surface area contributed by atoms with Crippen molar-refractivity contribution in [3.05, 3.63) is 42.2 Å². The minimum atomic E-state index is -0.590. The van der Waals surface area contributed by atoms with Gasteiger partial charge in [0.2, 0.25) is 5.95 Å². The van der Waals surface area contributed by atoms with Gasteiger partial charge in [-0.25, -0.2) is 15.0 Å². The fourth-order valence-electron chi connectivity index (χ4n) is 2.29. The Labute approximate surface area is 133 Å². The van der Waals surface area contributed by atoms with Crippen LogP contribution in [0.5, 0.6) is 0 Å². The SMILES string of the molecule is NC(=O)c1sc2nc(-n3ccnc3)nc(-c3ccoc3)c2c1N. The maximum absolute atomic E-state index is 11.6. The van der Waals surface area contributed by atoms with Gasteiger partial charge in [0.1, 0.15) is 16.0 Å². The van der Waals surface area contributed by atoms with Gasteiger partial charge in [-0.2, -0.15) is 0 Å². The molecule has 0 atom stereocenters. The van der Waals surface area contributed by atoms with E-state index in [1.54, 1.807) is 35.6 Å². The van der Waals surface area contributed by atoms with Crippen LogP contribution in [0.3, 0.4) is 0 Å². The largest absolute Gasteiger partial charge is 0.472 e. The molecule has 1 amide bonds. The number of imidazole rings is 1. The molecular weight excluding hydrogens is 316 g/mol. The first kappa shape index (κ1) is 13.5. The third-order valence-electron chi connectivity index (χ3n) is 3.33. The highest BCUT2D eigenvalue weighted by atomic mass is 32.1. The Hall–Kier alpha value is -3.20. The summed E-state index contributed by atoms with van der Waals surface area (Å²) in [6, 6.07) is 1.76. The number of rotatable bonds is 3. The van der Waals surface area contributed by atoms with Crippen molar-refractivity contribution in [3.63, 3.8) is 0 Å². The fraction of sp³-hybridized carbons (Fsp3) is 0. The summed E-state index contributed by atoms with van der Waals surface area (Å²) in [6.07, 6.45) is 8.04. The standard InChI is InChI=1S/C14H10N6O2S/c15-9-8-10(7-1-4-22-5-7)18-14(20-3-2-17-6-20)19-13(8)23-11(9)12(16)21/h1-6H,15H2,(H2,16,21). The molecule has 0 spiro atoms. The summed E-state index contributed by atoms with van der Waals surface area (Å²) in [5.41, 5.74) is 13.1. The van der Waals surface area contributed by atoms with Gasteiger partial charge in [0.25, 0.3) is 5.91 Å². The quantitative estimate of drug-likeness (QED) is 0.591. The van der Waals surface area contributed by atoms with E-state index in [-0.39, 0.29) is 10.6 Å². The smallest absolute Gasteiger partial charge is 0.260 e. The van der Waals surface area contributed by atoms with Crippen molar-refractivity contribution in [2.45, 2.75) is 0 Å². The Balaban J connectivity index is 2.08. The minimum absolute atomic E-state index is 0.266. The van der Waals surface area contributed by atoms with Crippen molar-refractivity contribution >= 4 is 33.1 Å². The highest BCUT2D eigenvalue weighted by Gasteiger charge is 2.21. The van der Waals surface area contributed by atoms with Crippen molar-refractivity contribution in [2.75, 3.05) is 5.73 Å². The number of fused-ring (bicyclic) bond motifs is 1. The predicted octanol–water partition coefficient (Wildman–Crippen LogP) is 1.82. The third kappa shape index (κ3) is 2.06. The monoisotopic (exact) mass is 326 g/mol. The topological polar surface area (TPSA) is 126 Å². The zero-order valence-corrected chi connectivity index (χ0v) is 12.4. The van der Waals surface area contributed by atoms with Gasteiger partial charge in [-0.05, 0) is 6.07 Å². The number of hydrogen-bond acceptors (Lipinski definition) is 7. The molecule has 0 saturated carbocycles. The van der Waals surface area contributed by atoms with E-state index in [0.717, 1.165) is 16.9 Å². The zero-order chi connectivity index (χ0) is 16.0. The lowest BCUT2D eigenvalue weighted by Crippen LogP contribution is -2.10. The molecule has 4 heterocycles. The first-order valence-corrected chi connectivity index (χ1v) is 7.37. The van der Waals surface area contributed by atoms with Gasteiger partial charge >= 0.3 is 0 Å². The molecule has 4 aromatic heterocycles. The Kier molecular flexibility index (Phi) is 2.88. The number of amides is 1. The maximum atomic E-state index is 11.6. The van der Waals surface area contributed by atoms with Gasteiger partial charge in [-0.15, -0.1) is 11.3 Å². The van der Waals surface area contributed by atoms with Gasteiger partial charge in [0, 0.05) is 18.0 Å². The van der Waals surface area contributed by atoms with Crippen molar-refractivity contribution in [1.82, 2.24) is 19.5 Å². The predicted molar refractivity (Wildman–Crippen MR) is 85.2 cm³/mol. The van der Waals surface area contributed by atoms with Crippen LogP contribution in [0.1, 0.15) is 9.67 Å². The minimum Gasteiger partial charge on any atom is -0.472 e. The van der Waals surface area contributed by atoms with Crippen LogP contribution in [0.2, 0.25) is 0 Å². The number of nitrogen functional groups attached to an aromatic ring is 1. The molecule has 4 aromatic rings. The summed E-state index contributed by atoms with van der Waals surface area (Å²) in [5, 5.41) is 0.592. The van der Waals surface area contributed by atoms with Crippen molar-refractivity contribution in [2.24, 2.45) is 5.73 Å². The molecule has 0 bridgehead atoms. The highest BCUT2D eigenvalue weighted by Crippen LogP contribution is 2.38. The van der Waals surface area contributed by atoms with Crippen LogP contribution in [0.4, 0.5) is 5.69 Å². The molecule has 0 fully saturated rings. The summed E-state index contributed by atoms with van der Waals surface area (Å²) in [4.78, 5) is 25.4. The lowest BCUT2D eigenvalue weighted by atomic mass is 10.1. The number of anilines is 1. The van der Waals surface area contributed by atoms with E-state index in [2.05, 4.69) is 15.0 Å². The normalized spacial score (nSPS) is 11.1. The summed E-state index contributed by atoms with van der Waals surface area (Å²) in [7, 11) is 0. The molecule has 0 radical (unpaired) electrons. The maximum Gasteiger partial charge on any atom is 0.260 e. The number of hydrogen-bond donors (Lipinski definition) is 2. The Bertz CT molecular complexity index is 1000. The molecule has 0 saturated heterocycles. The third-order valence-corrected chi connectivity index (χ3v) is 4.44. The van der Waals surface area contributed by atoms with Crippen LogP contribution in [0, 0.1) is 0 Å². The van der Waals surface area contributed by atoms with E-state index in [1.807, 2.05) is 0 Å². The van der Waals surface area contributed by atoms with E-state index in [4.69, 9.17) is 15.9 Å². The fourth-order valence-corrected chi connectivity index (χ4v) is 3.24. The molecule has 23 heavy (non-hydrogen) atoms. The van der Waals surface area contributed by atoms with Gasteiger partial charge in [0.05, 0.1) is 29.3 Å². The van der Waals surface area contributed by atoms with Crippen LogP contribution >= 0.6 is 11.3 Å². The molecule has 0 unspecified atom stereocenters. The number of primary amides is 1. The number of nitrogens with two attached hydrogens (primary N) is 2. The van der Waals surface area contributed by atoms with Gasteiger partial charge in [0.15, 0.2) is 0 Å².